The predicted molar refractivity (Wildman–Crippen MR) is 107 cm³/mol. The van der Waals surface area contributed by atoms with Gasteiger partial charge in [-0.15, -0.1) is 0 Å². The van der Waals surface area contributed by atoms with E-state index in [0.717, 1.165) is 0 Å². The number of carbonyl (C=O) groups is 2. The Kier molecular flexibility index (Phi) is 9.36. The first-order chi connectivity index (χ1) is 12.3. The quantitative estimate of drug-likeness (QED) is 0.292. The van der Waals surface area contributed by atoms with Crippen LogP contribution in [-0.4, -0.2) is 55.0 Å². The number of hydrogen-bond acceptors (Lipinski definition) is 5. The number of esters is 1. The van der Waals surface area contributed by atoms with E-state index in [1.807, 2.05) is 39.3 Å². The second-order valence-electron chi connectivity index (χ2n) is 8.47. The van der Waals surface area contributed by atoms with Crippen molar-refractivity contribution in [2.75, 3.05) is 6.61 Å². The van der Waals surface area contributed by atoms with Crippen molar-refractivity contribution in [3.8, 4) is 0 Å². The van der Waals surface area contributed by atoms with Crippen LogP contribution in [0.2, 0.25) is 45.8 Å². The van der Waals surface area contributed by atoms with Crippen LogP contribution in [0.4, 0.5) is 13.2 Å². The van der Waals surface area contributed by atoms with Gasteiger partial charge >= 0.3 is 26.7 Å². The minimum absolute atomic E-state index is 0.0506. The standard InChI is InChI=1S/C16H31F3O6Si3/c1-9-10-12(15(22)23-11-16(17,18)19)13(14(20)21)28(8,24-26(2,3)4)25-27(5,6)7/h9-11H2,1-8H3,(H,20,21)/b13-12-. The fourth-order valence-corrected chi connectivity index (χ4v) is 14.6. The number of rotatable bonds is 10. The van der Waals surface area contributed by atoms with Gasteiger partial charge in [-0.2, -0.15) is 13.2 Å². The summed E-state index contributed by atoms with van der Waals surface area (Å²) in [6, 6.07) is 0. The van der Waals surface area contributed by atoms with Gasteiger partial charge in [0.1, 0.15) is 0 Å². The topological polar surface area (TPSA) is 82.1 Å². The summed E-state index contributed by atoms with van der Waals surface area (Å²) < 4.78 is 54.1. The summed E-state index contributed by atoms with van der Waals surface area (Å²) >= 11 is 0. The molecule has 0 saturated carbocycles. The highest BCUT2D eigenvalue weighted by atomic mass is 28.5. The van der Waals surface area contributed by atoms with E-state index >= 15 is 0 Å². The van der Waals surface area contributed by atoms with E-state index in [2.05, 4.69) is 4.74 Å². The Labute approximate surface area is 167 Å². The molecule has 0 aliphatic carbocycles. The van der Waals surface area contributed by atoms with E-state index in [0.29, 0.717) is 6.42 Å². The summed E-state index contributed by atoms with van der Waals surface area (Å²) in [5.41, 5.74) is -0.315. The molecule has 0 heterocycles. The Morgan fingerprint density at radius 2 is 1.36 bits per heavy atom. The highest BCUT2D eigenvalue weighted by Gasteiger charge is 2.49. The number of carbonyl (C=O) groups excluding carboxylic acids is 1. The Balaban J connectivity index is 6.49. The van der Waals surface area contributed by atoms with Crippen molar-refractivity contribution in [1.29, 1.82) is 0 Å². The van der Waals surface area contributed by atoms with Gasteiger partial charge in [-0.25, -0.2) is 9.59 Å². The molecule has 0 fully saturated rings. The number of ether oxygens (including phenoxy) is 1. The van der Waals surface area contributed by atoms with Crippen molar-refractivity contribution in [1.82, 2.24) is 0 Å². The van der Waals surface area contributed by atoms with Gasteiger partial charge < -0.3 is 18.1 Å². The highest BCUT2D eigenvalue weighted by Crippen LogP contribution is 2.31. The summed E-state index contributed by atoms with van der Waals surface area (Å²) in [6.45, 7) is 12.6. The molecule has 0 aromatic carbocycles. The number of alkyl halides is 3. The Hall–Kier alpha value is -0.959. The minimum atomic E-state index is -4.71. The summed E-state index contributed by atoms with van der Waals surface area (Å²) in [5, 5.41) is 9.53. The molecule has 164 valence electrons. The molecule has 0 radical (unpaired) electrons. The Morgan fingerprint density at radius 1 is 0.929 bits per heavy atom. The SMILES string of the molecule is CCC/C(C(=O)OCC(F)(F)F)=C(\C(=O)O)[Si](C)(O[Si](C)(C)C)O[Si](C)(C)C. The molecular weight excluding hydrogens is 429 g/mol. The minimum Gasteiger partial charge on any atom is -0.478 e. The van der Waals surface area contributed by atoms with Gasteiger partial charge in [0.2, 0.25) is 0 Å². The molecule has 12 heteroatoms. The molecule has 1 N–H and O–H groups in total. The Morgan fingerprint density at radius 3 is 1.64 bits per heavy atom. The first kappa shape index (κ1) is 27.0. The monoisotopic (exact) mass is 460 g/mol. The van der Waals surface area contributed by atoms with Crippen molar-refractivity contribution in [2.45, 2.75) is 71.8 Å². The molecule has 0 amide bonds. The van der Waals surface area contributed by atoms with Gasteiger partial charge in [0.05, 0.1) is 5.20 Å². The molecular formula is C16H31F3O6Si3. The molecule has 0 aromatic heterocycles. The average Bonchev–Trinajstić information content (AvgIpc) is 2.38. The fourth-order valence-electron chi connectivity index (χ4n) is 2.70. The Bertz CT molecular complexity index is 590. The van der Waals surface area contributed by atoms with E-state index in [1.54, 1.807) is 13.5 Å². The van der Waals surface area contributed by atoms with Gasteiger partial charge in [0, 0.05) is 5.57 Å². The van der Waals surface area contributed by atoms with Crippen molar-refractivity contribution in [3.63, 3.8) is 0 Å². The van der Waals surface area contributed by atoms with Crippen LogP contribution in [0.15, 0.2) is 10.8 Å². The summed E-state index contributed by atoms with van der Waals surface area (Å²) in [4.78, 5) is 24.6. The largest absolute Gasteiger partial charge is 0.478 e. The first-order valence-corrected chi connectivity index (χ1v) is 18.1. The van der Waals surface area contributed by atoms with Gasteiger partial charge in [0.25, 0.3) is 0 Å². The molecule has 0 bridgehead atoms. The molecule has 0 spiro atoms. The maximum Gasteiger partial charge on any atom is 0.422 e. The molecule has 0 aromatic rings. The second kappa shape index (κ2) is 9.69. The van der Waals surface area contributed by atoms with E-state index in [1.165, 1.54) is 0 Å². The third-order valence-corrected chi connectivity index (χ3v) is 12.5. The van der Waals surface area contributed by atoms with Gasteiger partial charge in [-0.05, 0) is 52.2 Å². The maximum atomic E-state index is 12.5. The van der Waals surface area contributed by atoms with E-state index in [-0.39, 0.29) is 17.2 Å². The van der Waals surface area contributed by atoms with Crippen LogP contribution in [0.1, 0.15) is 19.8 Å². The lowest BCUT2D eigenvalue weighted by molar-refractivity contribution is -0.183. The third-order valence-electron chi connectivity index (χ3n) is 3.08. The summed E-state index contributed by atoms with van der Waals surface area (Å²) in [5.74, 6) is -2.73. The molecule has 28 heavy (non-hydrogen) atoms. The number of carboxylic acid groups (broad SMARTS) is 1. The van der Waals surface area contributed by atoms with Crippen molar-refractivity contribution in [2.24, 2.45) is 0 Å². The van der Waals surface area contributed by atoms with Gasteiger partial charge in [-0.1, -0.05) is 13.3 Å². The fraction of sp³-hybridized carbons (Fsp3) is 0.750. The lowest BCUT2D eigenvalue weighted by Gasteiger charge is -2.39. The van der Waals surface area contributed by atoms with E-state index in [9.17, 15) is 27.9 Å². The summed E-state index contributed by atoms with van der Waals surface area (Å²) in [7, 11) is -8.28. The summed E-state index contributed by atoms with van der Waals surface area (Å²) in [6.07, 6.45) is -4.41. The molecule has 0 unspecified atom stereocenters. The number of aliphatic carboxylic acids is 1. The van der Waals surface area contributed by atoms with E-state index in [4.69, 9.17) is 8.23 Å². The van der Waals surface area contributed by atoms with Crippen LogP contribution in [0.5, 0.6) is 0 Å². The third kappa shape index (κ3) is 10.0. The zero-order valence-corrected chi connectivity index (χ0v) is 20.7. The lowest BCUT2D eigenvalue weighted by atomic mass is 10.1. The number of halogens is 3. The smallest absolute Gasteiger partial charge is 0.422 e. The van der Waals surface area contributed by atoms with Crippen molar-refractivity contribution in [3.05, 3.63) is 10.8 Å². The predicted octanol–water partition coefficient (Wildman–Crippen LogP) is 4.59. The average molecular weight is 461 g/mol. The molecule has 6 nitrogen and oxygen atoms in total. The van der Waals surface area contributed by atoms with Crippen LogP contribution >= 0.6 is 0 Å². The maximum absolute atomic E-state index is 12.5. The van der Waals surface area contributed by atoms with Crippen molar-refractivity contribution >= 4 is 37.1 Å². The van der Waals surface area contributed by atoms with Crippen LogP contribution < -0.4 is 0 Å². The normalized spacial score (nSPS) is 14.5. The molecule has 0 aliphatic rings. The van der Waals surface area contributed by atoms with Gasteiger partial charge in [-0.3, -0.25) is 0 Å². The van der Waals surface area contributed by atoms with Crippen LogP contribution in [0.3, 0.4) is 0 Å². The number of hydrogen-bond donors (Lipinski definition) is 1. The van der Waals surface area contributed by atoms with Gasteiger partial charge in [0.15, 0.2) is 23.2 Å². The number of carboxylic acids is 1. The zero-order chi connectivity index (χ0) is 22.6. The van der Waals surface area contributed by atoms with Crippen LogP contribution in [0, 0.1) is 0 Å². The zero-order valence-electron chi connectivity index (χ0n) is 17.7. The van der Waals surface area contributed by atoms with Crippen LogP contribution in [0.25, 0.3) is 0 Å². The molecule has 0 atom stereocenters. The second-order valence-corrected chi connectivity index (χ2v) is 20.9. The van der Waals surface area contributed by atoms with Crippen molar-refractivity contribution < 1.29 is 40.8 Å². The van der Waals surface area contributed by atoms with E-state index < -0.39 is 49.9 Å². The molecule has 0 aliphatic heterocycles. The highest BCUT2D eigenvalue weighted by molar-refractivity contribution is 6.93. The molecule has 0 rings (SSSR count). The first-order valence-electron chi connectivity index (χ1n) is 8.92. The lowest BCUT2D eigenvalue weighted by Crippen LogP contribution is -2.56. The molecule has 0 saturated heterocycles. The van der Waals surface area contributed by atoms with Crippen LogP contribution in [-0.2, 0) is 22.6 Å².